The number of nitrogens with one attached hydrogen (secondary N) is 1. The smallest absolute Gasteiger partial charge is 0.254 e. The lowest BCUT2D eigenvalue weighted by Crippen LogP contribution is -2.25. The number of alkyl halides is 1. The van der Waals surface area contributed by atoms with E-state index in [9.17, 15) is 9.18 Å². The third-order valence-electron chi connectivity index (χ3n) is 2.78. The number of amides is 1. The van der Waals surface area contributed by atoms with E-state index in [-0.39, 0.29) is 11.5 Å². The maximum Gasteiger partial charge on any atom is 0.254 e. The fraction of sp³-hybridized carbons (Fsp3) is 0.500. The highest BCUT2D eigenvalue weighted by atomic mass is 79.9. The zero-order chi connectivity index (χ0) is 13.4. The Morgan fingerprint density at radius 3 is 2.72 bits per heavy atom. The molecular formula is C14H19BrFNO. The summed E-state index contributed by atoms with van der Waals surface area (Å²) < 4.78 is 13.7. The molecule has 0 saturated heterocycles. The molecule has 0 saturated carbocycles. The molecule has 0 unspecified atom stereocenters. The van der Waals surface area contributed by atoms with E-state index in [2.05, 4.69) is 21.2 Å². The molecule has 1 amide bonds. The third kappa shape index (κ3) is 4.77. The van der Waals surface area contributed by atoms with Gasteiger partial charge in [0.05, 0.1) is 5.56 Å². The van der Waals surface area contributed by atoms with Gasteiger partial charge in [0.15, 0.2) is 0 Å². The van der Waals surface area contributed by atoms with E-state index >= 15 is 0 Å². The summed E-state index contributed by atoms with van der Waals surface area (Å²) in [5.41, 5.74) is 0.635. The van der Waals surface area contributed by atoms with E-state index in [4.69, 9.17) is 0 Å². The first-order valence-electron chi connectivity index (χ1n) is 6.26. The van der Waals surface area contributed by atoms with Crippen molar-refractivity contribution < 1.29 is 9.18 Å². The Labute approximate surface area is 116 Å². The standard InChI is InChI=1S/C14H19BrFNO/c1-11-7-6-8-12(13(11)16)14(18)17-10-5-3-2-4-9-15/h6-8H,2-5,9-10H2,1H3,(H,17,18). The summed E-state index contributed by atoms with van der Waals surface area (Å²) in [6, 6.07) is 4.87. The topological polar surface area (TPSA) is 29.1 Å². The molecular weight excluding hydrogens is 297 g/mol. The molecule has 18 heavy (non-hydrogen) atoms. The summed E-state index contributed by atoms with van der Waals surface area (Å²) in [6.07, 6.45) is 4.33. The van der Waals surface area contributed by atoms with Crippen LogP contribution in [0, 0.1) is 12.7 Å². The van der Waals surface area contributed by atoms with E-state index in [0.29, 0.717) is 12.1 Å². The first-order chi connectivity index (χ1) is 8.66. The number of halogens is 2. The predicted molar refractivity (Wildman–Crippen MR) is 75.7 cm³/mol. The SMILES string of the molecule is Cc1cccc(C(=O)NCCCCCCBr)c1F. The van der Waals surface area contributed by atoms with Crippen molar-refractivity contribution in [3.8, 4) is 0 Å². The molecule has 0 aromatic heterocycles. The molecule has 0 radical (unpaired) electrons. The van der Waals surface area contributed by atoms with Gasteiger partial charge in [0.25, 0.3) is 5.91 Å². The van der Waals surface area contributed by atoms with Crippen LogP contribution in [0.4, 0.5) is 4.39 Å². The van der Waals surface area contributed by atoms with Crippen LogP contribution in [0.1, 0.15) is 41.6 Å². The van der Waals surface area contributed by atoms with Gasteiger partial charge in [-0.05, 0) is 31.4 Å². The zero-order valence-corrected chi connectivity index (χ0v) is 12.2. The molecule has 0 bridgehead atoms. The number of carbonyl (C=O) groups excluding carboxylic acids is 1. The van der Waals surface area contributed by atoms with Gasteiger partial charge < -0.3 is 5.32 Å². The van der Waals surface area contributed by atoms with Gasteiger partial charge >= 0.3 is 0 Å². The monoisotopic (exact) mass is 315 g/mol. The predicted octanol–water partition coefficient (Wildman–Crippen LogP) is 3.82. The number of rotatable bonds is 7. The first kappa shape index (κ1) is 15.2. The Morgan fingerprint density at radius 1 is 1.28 bits per heavy atom. The van der Waals surface area contributed by atoms with Gasteiger partial charge in [-0.15, -0.1) is 0 Å². The van der Waals surface area contributed by atoms with Crippen molar-refractivity contribution in [1.29, 1.82) is 0 Å². The maximum atomic E-state index is 13.7. The second kappa shape index (κ2) is 8.25. The molecule has 4 heteroatoms. The van der Waals surface area contributed by atoms with Crippen LogP contribution in [0.5, 0.6) is 0 Å². The fourth-order valence-electron chi connectivity index (χ4n) is 1.69. The highest BCUT2D eigenvalue weighted by Crippen LogP contribution is 2.11. The van der Waals surface area contributed by atoms with Gasteiger partial charge in [-0.1, -0.05) is 40.9 Å². The summed E-state index contributed by atoms with van der Waals surface area (Å²) in [5, 5.41) is 3.77. The van der Waals surface area contributed by atoms with Crippen molar-refractivity contribution in [3.63, 3.8) is 0 Å². The molecule has 0 spiro atoms. The number of benzene rings is 1. The minimum absolute atomic E-state index is 0.135. The molecule has 0 aliphatic rings. The average Bonchev–Trinajstić information content (AvgIpc) is 2.36. The second-order valence-electron chi connectivity index (χ2n) is 4.30. The molecule has 1 aromatic carbocycles. The van der Waals surface area contributed by atoms with E-state index in [1.165, 1.54) is 6.07 Å². The summed E-state index contributed by atoms with van der Waals surface area (Å²) in [4.78, 5) is 11.7. The Hall–Kier alpha value is -0.900. The fourth-order valence-corrected chi connectivity index (χ4v) is 2.09. The minimum Gasteiger partial charge on any atom is -0.352 e. The second-order valence-corrected chi connectivity index (χ2v) is 5.09. The summed E-state index contributed by atoms with van der Waals surface area (Å²) >= 11 is 3.38. The van der Waals surface area contributed by atoms with Crippen LogP contribution in [0.15, 0.2) is 18.2 Å². The Bertz CT molecular complexity index is 395. The van der Waals surface area contributed by atoms with Gasteiger partial charge in [0, 0.05) is 11.9 Å². The van der Waals surface area contributed by atoms with Crippen molar-refractivity contribution in [3.05, 3.63) is 35.1 Å². The summed E-state index contributed by atoms with van der Waals surface area (Å²) in [7, 11) is 0. The van der Waals surface area contributed by atoms with Gasteiger partial charge in [-0.25, -0.2) is 4.39 Å². The van der Waals surface area contributed by atoms with Gasteiger partial charge in [0.1, 0.15) is 5.82 Å². The molecule has 0 aliphatic carbocycles. The summed E-state index contributed by atoms with van der Waals surface area (Å²) in [5.74, 6) is -0.744. The lowest BCUT2D eigenvalue weighted by atomic mass is 10.1. The maximum absolute atomic E-state index is 13.7. The van der Waals surface area contributed by atoms with Crippen molar-refractivity contribution in [2.45, 2.75) is 32.6 Å². The Morgan fingerprint density at radius 2 is 2.00 bits per heavy atom. The number of carbonyl (C=O) groups is 1. The normalized spacial score (nSPS) is 10.4. The quantitative estimate of drug-likeness (QED) is 0.601. The molecule has 100 valence electrons. The Balaban J connectivity index is 2.35. The highest BCUT2D eigenvalue weighted by Gasteiger charge is 2.11. The van der Waals surface area contributed by atoms with Crippen molar-refractivity contribution >= 4 is 21.8 Å². The highest BCUT2D eigenvalue weighted by molar-refractivity contribution is 9.09. The third-order valence-corrected chi connectivity index (χ3v) is 3.34. The molecule has 1 aromatic rings. The van der Waals surface area contributed by atoms with Gasteiger partial charge in [-0.3, -0.25) is 4.79 Å². The zero-order valence-electron chi connectivity index (χ0n) is 10.6. The van der Waals surface area contributed by atoms with Crippen molar-refractivity contribution in [1.82, 2.24) is 5.32 Å². The van der Waals surface area contributed by atoms with Crippen LogP contribution in [-0.4, -0.2) is 17.8 Å². The number of hydrogen-bond donors (Lipinski definition) is 1. The van der Waals surface area contributed by atoms with Gasteiger partial charge in [-0.2, -0.15) is 0 Å². The summed E-state index contributed by atoms with van der Waals surface area (Å²) in [6.45, 7) is 2.26. The van der Waals surface area contributed by atoms with Crippen LogP contribution in [-0.2, 0) is 0 Å². The molecule has 1 N–H and O–H groups in total. The molecule has 0 fully saturated rings. The van der Waals surface area contributed by atoms with E-state index < -0.39 is 5.82 Å². The van der Waals surface area contributed by atoms with E-state index in [1.54, 1.807) is 19.1 Å². The molecule has 1 rings (SSSR count). The average molecular weight is 316 g/mol. The number of aryl methyl sites for hydroxylation is 1. The van der Waals surface area contributed by atoms with E-state index in [1.807, 2.05) is 0 Å². The van der Waals surface area contributed by atoms with E-state index in [0.717, 1.165) is 31.0 Å². The first-order valence-corrected chi connectivity index (χ1v) is 7.38. The van der Waals surface area contributed by atoms with Crippen LogP contribution in [0.2, 0.25) is 0 Å². The molecule has 0 heterocycles. The van der Waals surface area contributed by atoms with Crippen molar-refractivity contribution in [2.24, 2.45) is 0 Å². The molecule has 2 nitrogen and oxygen atoms in total. The minimum atomic E-state index is -0.422. The van der Waals surface area contributed by atoms with Crippen LogP contribution < -0.4 is 5.32 Å². The van der Waals surface area contributed by atoms with Gasteiger partial charge in [0.2, 0.25) is 0 Å². The lowest BCUT2D eigenvalue weighted by Gasteiger charge is -2.07. The van der Waals surface area contributed by atoms with Crippen molar-refractivity contribution in [2.75, 3.05) is 11.9 Å². The molecule has 0 atom stereocenters. The largest absolute Gasteiger partial charge is 0.352 e. The number of hydrogen-bond acceptors (Lipinski definition) is 1. The van der Waals surface area contributed by atoms with Crippen LogP contribution in [0.3, 0.4) is 0 Å². The number of unbranched alkanes of at least 4 members (excludes halogenated alkanes) is 3. The van der Waals surface area contributed by atoms with Crippen LogP contribution >= 0.6 is 15.9 Å². The van der Waals surface area contributed by atoms with Crippen LogP contribution in [0.25, 0.3) is 0 Å². The molecule has 0 aliphatic heterocycles. The lowest BCUT2D eigenvalue weighted by molar-refractivity contribution is 0.0948. The Kier molecular flexibility index (Phi) is 6.94.